The number of ether oxygens (including phenoxy) is 1. The van der Waals surface area contributed by atoms with Crippen molar-refractivity contribution < 1.29 is 4.74 Å². The topological polar surface area (TPSA) is 39.1 Å². The average Bonchev–Trinajstić information content (AvgIpc) is 2.94. The SMILES string of the molecule is Cc1nn(C(C)CNCC2CCCO2)c(C)c1Br. The monoisotopic (exact) mass is 315 g/mol. The maximum atomic E-state index is 5.59. The van der Waals surface area contributed by atoms with Crippen LogP contribution >= 0.6 is 15.9 Å². The van der Waals surface area contributed by atoms with Crippen molar-refractivity contribution in [1.29, 1.82) is 0 Å². The second-order valence-corrected chi connectivity index (χ2v) is 5.86. The molecule has 0 aromatic carbocycles. The number of hydrogen-bond donors (Lipinski definition) is 1. The van der Waals surface area contributed by atoms with Gasteiger partial charge in [0, 0.05) is 19.7 Å². The zero-order chi connectivity index (χ0) is 13.1. The maximum Gasteiger partial charge on any atom is 0.0738 e. The highest BCUT2D eigenvalue weighted by molar-refractivity contribution is 9.10. The summed E-state index contributed by atoms with van der Waals surface area (Å²) < 4.78 is 8.80. The molecule has 1 N–H and O–H groups in total. The van der Waals surface area contributed by atoms with Gasteiger partial charge in [-0.3, -0.25) is 4.68 Å². The molecule has 1 aromatic heterocycles. The number of nitrogens with one attached hydrogen (secondary N) is 1. The van der Waals surface area contributed by atoms with Gasteiger partial charge in [-0.25, -0.2) is 0 Å². The summed E-state index contributed by atoms with van der Waals surface area (Å²) in [5.74, 6) is 0. The van der Waals surface area contributed by atoms with Crippen LogP contribution in [-0.4, -0.2) is 35.6 Å². The Balaban J connectivity index is 1.83. The van der Waals surface area contributed by atoms with Gasteiger partial charge in [0.05, 0.1) is 28.0 Å². The lowest BCUT2D eigenvalue weighted by molar-refractivity contribution is 0.109. The minimum atomic E-state index is 0.358. The molecule has 2 rings (SSSR count). The summed E-state index contributed by atoms with van der Waals surface area (Å²) in [5.41, 5.74) is 2.25. The second kappa shape index (κ2) is 6.17. The number of aryl methyl sites for hydroxylation is 1. The van der Waals surface area contributed by atoms with Crippen LogP contribution in [0, 0.1) is 13.8 Å². The molecular weight excluding hydrogens is 294 g/mol. The minimum Gasteiger partial charge on any atom is -0.377 e. The lowest BCUT2D eigenvalue weighted by Crippen LogP contribution is -2.31. The van der Waals surface area contributed by atoms with E-state index in [0.717, 1.165) is 29.9 Å². The fraction of sp³-hybridized carbons (Fsp3) is 0.769. The molecule has 1 aliphatic rings. The molecule has 0 spiro atoms. The Kier molecular flexibility index (Phi) is 4.81. The molecule has 5 heteroatoms. The third kappa shape index (κ3) is 3.13. The molecule has 1 aromatic rings. The summed E-state index contributed by atoms with van der Waals surface area (Å²) in [4.78, 5) is 0. The quantitative estimate of drug-likeness (QED) is 0.907. The third-order valence-corrected chi connectivity index (χ3v) is 4.64. The van der Waals surface area contributed by atoms with Crippen LogP contribution in [0.15, 0.2) is 4.47 Å². The van der Waals surface area contributed by atoms with E-state index in [1.807, 2.05) is 6.92 Å². The van der Waals surface area contributed by atoms with Crippen molar-refractivity contribution >= 4 is 15.9 Å². The van der Waals surface area contributed by atoms with Gasteiger partial charge < -0.3 is 10.1 Å². The largest absolute Gasteiger partial charge is 0.377 e. The Bertz CT molecular complexity index is 399. The predicted molar refractivity (Wildman–Crippen MR) is 76.0 cm³/mol. The van der Waals surface area contributed by atoms with Crippen LogP contribution in [0.4, 0.5) is 0 Å². The Labute approximate surface area is 117 Å². The number of aromatic nitrogens is 2. The molecule has 0 radical (unpaired) electrons. The predicted octanol–water partition coefficient (Wildman–Crippen LogP) is 2.59. The van der Waals surface area contributed by atoms with Gasteiger partial charge >= 0.3 is 0 Å². The highest BCUT2D eigenvalue weighted by atomic mass is 79.9. The van der Waals surface area contributed by atoms with Crippen LogP contribution < -0.4 is 5.32 Å². The van der Waals surface area contributed by atoms with Crippen molar-refractivity contribution in [3.05, 3.63) is 15.9 Å². The molecule has 0 bridgehead atoms. The van der Waals surface area contributed by atoms with E-state index >= 15 is 0 Å². The summed E-state index contributed by atoms with van der Waals surface area (Å²) in [5, 5.41) is 8.04. The van der Waals surface area contributed by atoms with Crippen molar-refractivity contribution in [2.45, 2.75) is 45.8 Å². The Morgan fingerprint density at radius 3 is 2.89 bits per heavy atom. The Hall–Kier alpha value is -0.390. The molecule has 0 aliphatic carbocycles. The summed E-state index contributed by atoms with van der Waals surface area (Å²) in [6.45, 7) is 9.11. The highest BCUT2D eigenvalue weighted by Crippen LogP contribution is 2.22. The van der Waals surface area contributed by atoms with Gasteiger partial charge in [0.2, 0.25) is 0 Å². The van der Waals surface area contributed by atoms with E-state index in [4.69, 9.17) is 4.74 Å². The fourth-order valence-electron chi connectivity index (χ4n) is 2.42. The van der Waals surface area contributed by atoms with Crippen molar-refractivity contribution in [1.82, 2.24) is 15.1 Å². The molecule has 4 nitrogen and oxygen atoms in total. The first-order valence-electron chi connectivity index (χ1n) is 6.63. The summed E-state index contributed by atoms with van der Waals surface area (Å²) in [7, 11) is 0. The Morgan fingerprint density at radius 1 is 1.56 bits per heavy atom. The highest BCUT2D eigenvalue weighted by Gasteiger charge is 2.17. The Morgan fingerprint density at radius 2 is 2.33 bits per heavy atom. The van der Waals surface area contributed by atoms with Crippen LogP contribution in [0.5, 0.6) is 0 Å². The van der Waals surface area contributed by atoms with Gasteiger partial charge in [0.1, 0.15) is 0 Å². The second-order valence-electron chi connectivity index (χ2n) is 5.07. The standard InChI is InChI=1S/C13H22BrN3O/c1-9(7-15-8-12-5-4-6-18-12)17-11(3)13(14)10(2)16-17/h9,12,15H,4-8H2,1-3H3. The number of rotatable bonds is 5. The van der Waals surface area contributed by atoms with Gasteiger partial charge in [-0.1, -0.05) is 0 Å². The first-order chi connectivity index (χ1) is 8.59. The summed E-state index contributed by atoms with van der Waals surface area (Å²) >= 11 is 3.57. The molecule has 2 unspecified atom stereocenters. The van der Waals surface area contributed by atoms with Gasteiger partial charge in [0.15, 0.2) is 0 Å². The number of hydrogen-bond acceptors (Lipinski definition) is 3. The molecule has 0 saturated carbocycles. The van der Waals surface area contributed by atoms with E-state index in [-0.39, 0.29) is 0 Å². The first kappa shape index (κ1) is 14.0. The molecule has 0 amide bonds. The first-order valence-corrected chi connectivity index (χ1v) is 7.42. The molecule has 2 heterocycles. The molecule has 1 aliphatic heterocycles. The molecular formula is C13H22BrN3O. The van der Waals surface area contributed by atoms with Crippen LogP contribution in [0.2, 0.25) is 0 Å². The molecule has 18 heavy (non-hydrogen) atoms. The zero-order valence-electron chi connectivity index (χ0n) is 11.4. The van der Waals surface area contributed by atoms with Gasteiger partial charge in [-0.05, 0) is 49.5 Å². The van der Waals surface area contributed by atoms with Crippen molar-refractivity contribution in [3.63, 3.8) is 0 Å². The third-order valence-electron chi connectivity index (χ3n) is 3.49. The van der Waals surface area contributed by atoms with Crippen molar-refractivity contribution in [3.8, 4) is 0 Å². The lowest BCUT2D eigenvalue weighted by Gasteiger charge is -2.17. The molecule has 102 valence electrons. The summed E-state index contributed by atoms with van der Waals surface area (Å²) in [6, 6.07) is 0.358. The zero-order valence-corrected chi connectivity index (χ0v) is 13.0. The smallest absolute Gasteiger partial charge is 0.0738 e. The van der Waals surface area contributed by atoms with Gasteiger partial charge in [-0.15, -0.1) is 0 Å². The lowest BCUT2D eigenvalue weighted by atomic mass is 10.2. The van der Waals surface area contributed by atoms with Crippen molar-refractivity contribution in [2.24, 2.45) is 0 Å². The molecule has 1 saturated heterocycles. The van der Waals surface area contributed by atoms with E-state index in [1.165, 1.54) is 18.5 Å². The van der Waals surface area contributed by atoms with Crippen LogP contribution in [-0.2, 0) is 4.74 Å². The maximum absolute atomic E-state index is 5.59. The van der Waals surface area contributed by atoms with Gasteiger partial charge in [0.25, 0.3) is 0 Å². The van der Waals surface area contributed by atoms with E-state index in [9.17, 15) is 0 Å². The van der Waals surface area contributed by atoms with E-state index in [0.29, 0.717) is 12.1 Å². The van der Waals surface area contributed by atoms with E-state index in [1.54, 1.807) is 0 Å². The van der Waals surface area contributed by atoms with Crippen LogP contribution in [0.25, 0.3) is 0 Å². The van der Waals surface area contributed by atoms with Crippen LogP contribution in [0.1, 0.15) is 37.2 Å². The number of nitrogens with zero attached hydrogens (tertiary/aromatic N) is 2. The fourth-order valence-corrected chi connectivity index (χ4v) is 2.68. The molecule has 1 fully saturated rings. The van der Waals surface area contributed by atoms with Gasteiger partial charge in [-0.2, -0.15) is 5.10 Å². The van der Waals surface area contributed by atoms with E-state index < -0.39 is 0 Å². The van der Waals surface area contributed by atoms with Crippen LogP contribution in [0.3, 0.4) is 0 Å². The van der Waals surface area contributed by atoms with Crippen molar-refractivity contribution in [2.75, 3.05) is 19.7 Å². The average molecular weight is 316 g/mol. The number of halogens is 1. The molecule has 2 atom stereocenters. The van der Waals surface area contributed by atoms with E-state index in [2.05, 4.69) is 44.9 Å². The summed E-state index contributed by atoms with van der Waals surface area (Å²) in [6.07, 6.45) is 2.79. The minimum absolute atomic E-state index is 0.358. The normalized spacial score (nSPS) is 21.4.